The molecule has 0 aromatic heterocycles. The minimum absolute atomic E-state index is 0.589. The normalized spacial score (nSPS) is 10.6. The summed E-state index contributed by atoms with van der Waals surface area (Å²) in [5, 5.41) is 3.44. The first-order chi connectivity index (χ1) is 10.2. The molecule has 0 spiro atoms. The average molecular weight is 348 g/mol. The Kier molecular flexibility index (Phi) is 6.27. The zero-order valence-electron chi connectivity index (χ0n) is 12.7. The second kappa shape index (κ2) is 8.20. The van der Waals surface area contributed by atoms with Crippen LogP contribution in [0.3, 0.4) is 0 Å². The van der Waals surface area contributed by atoms with Crippen molar-refractivity contribution in [1.29, 1.82) is 0 Å². The quantitative estimate of drug-likeness (QED) is 0.723. The van der Waals surface area contributed by atoms with Gasteiger partial charge in [0.1, 0.15) is 12.4 Å². The van der Waals surface area contributed by atoms with Gasteiger partial charge in [0.15, 0.2) is 0 Å². The molecule has 0 amide bonds. The van der Waals surface area contributed by atoms with Crippen LogP contribution >= 0.6 is 15.9 Å². The second-order valence-corrected chi connectivity index (χ2v) is 6.02. The van der Waals surface area contributed by atoms with Gasteiger partial charge in [-0.3, -0.25) is 0 Å². The highest BCUT2D eigenvalue weighted by atomic mass is 79.9. The van der Waals surface area contributed by atoms with Crippen LogP contribution in [-0.2, 0) is 13.2 Å². The summed E-state index contributed by atoms with van der Waals surface area (Å²) in [7, 11) is 0. The van der Waals surface area contributed by atoms with Crippen molar-refractivity contribution in [3.8, 4) is 5.75 Å². The number of hydrogen-bond donors (Lipinski definition) is 1. The first-order valence-electron chi connectivity index (χ1n) is 7.37. The topological polar surface area (TPSA) is 21.3 Å². The van der Waals surface area contributed by atoms with Crippen LogP contribution in [0.2, 0.25) is 0 Å². The molecule has 0 saturated carbocycles. The van der Waals surface area contributed by atoms with Gasteiger partial charge in [0, 0.05) is 6.54 Å². The van der Waals surface area contributed by atoms with Crippen molar-refractivity contribution in [1.82, 2.24) is 5.32 Å². The number of ether oxygens (including phenoxy) is 1. The van der Waals surface area contributed by atoms with Crippen LogP contribution in [0, 0.1) is 6.92 Å². The number of aryl methyl sites for hydroxylation is 1. The molecule has 21 heavy (non-hydrogen) atoms. The van der Waals surface area contributed by atoms with E-state index in [4.69, 9.17) is 4.74 Å². The van der Waals surface area contributed by atoms with E-state index in [0.717, 1.165) is 29.7 Å². The number of benzene rings is 2. The summed E-state index contributed by atoms with van der Waals surface area (Å²) in [6.45, 7) is 6.77. The third kappa shape index (κ3) is 4.87. The summed E-state index contributed by atoms with van der Waals surface area (Å²) in [6.07, 6.45) is 1.15. The summed E-state index contributed by atoms with van der Waals surface area (Å²) in [6, 6.07) is 14.6. The van der Waals surface area contributed by atoms with Gasteiger partial charge >= 0.3 is 0 Å². The molecule has 0 aliphatic heterocycles. The van der Waals surface area contributed by atoms with Crippen molar-refractivity contribution < 1.29 is 4.74 Å². The van der Waals surface area contributed by atoms with Crippen LogP contribution < -0.4 is 10.1 Å². The lowest BCUT2D eigenvalue weighted by Crippen LogP contribution is -2.15. The molecular formula is C18H22BrNO. The van der Waals surface area contributed by atoms with E-state index in [2.05, 4.69) is 71.5 Å². The van der Waals surface area contributed by atoms with Gasteiger partial charge in [0.05, 0.1) is 4.47 Å². The third-order valence-electron chi connectivity index (χ3n) is 3.33. The highest BCUT2D eigenvalue weighted by Gasteiger charge is 2.05. The molecule has 2 aromatic carbocycles. The molecule has 0 saturated heterocycles. The van der Waals surface area contributed by atoms with Crippen LogP contribution in [0.5, 0.6) is 5.75 Å². The van der Waals surface area contributed by atoms with Crippen molar-refractivity contribution in [2.24, 2.45) is 0 Å². The average Bonchev–Trinajstić information content (AvgIpc) is 2.48. The number of hydrogen-bond acceptors (Lipinski definition) is 2. The van der Waals surface area contributed by atoms with Gasteiger partial charge in [0.2, 0.25) is 0 Å². The molecule has 2 rings (SSSR count). The van der Waals surface area contributed by atoms with Crippen LogP contribution in [0.4, 0.5) is 0 Å². The maximum absolute atomic E-state index is 5.95. The summed E-state index contributed by atoms with van der Waals surface area (Å²) in [5.74, 6) is 0.886. The third-order valence-corrected chi connectivity index (χ3v) is 3.95. The molecule has 112 valence electrons. The van der Waals surface area contributed by atoms with E-state index in [-0.39, 0.29) is 0 Å². The Balaban J connectivity index is 2.02. The second-order valence-electron chi connectivity index (χ2n) is 5.17. The van der Waals surface area contributed by atoms with Gasteiger partial charge < -0.3 is 10.1 Å². The zero-order chi connectivity index (χ0) is 15.1. The fourth-order valence-electron chi connectivity index (χ4n) is 2.15. The van der Waals surface area contributed by atoms with Crippen LogP contribution in [-0.4, -0.2) is 6.54 Å². The molecule has 0 heterocycles. The Morgan fingerprint density at radius 1 is 1.10 bits per heavy atom. The van der Waals surface area contributed by atoms with E-state index in [1.165, 1.54) is 16.7 Å². The molecule has 0 bridgehead atoms. The summed E-state index contributed by atoms with van der Waals surface area (Å²) < 4.78 is 6.95. The number of halogens is 1. The van der Waals surface area contributed by atoms with Crippen molar-refractivity contribution in [2.75, 3.05) is 6.54 Å². The lowest BCUT2D eigenvalue weighted by molar-refractivity contribution is 0.302. The Bertz CT molecular complexity index is 583. The lowest BCUT2D eigenvalue weighted by Gasteiger charge is -2.13. The number of rotatable bonds is 7. The van der Waals surface area contributed by atoms with Gasteiger partial charge in [-0.2, -0.15) is 0 Å². The zero-order valence-corrected chi connectivity index (χ0v) is 14.2. The van der Waals surface area contributed by atoms with Gasteiger partial charge in [0.25, 0.3) is 0 Å². The standard InChI is InChI=1S/C18H22BrNO/c1-3-10-20-12-15-6-4-5-7-16(15)13-21-18-9-8-14(2)11-17(18)19/h4-9,11,20H,3,10,12-13H2,1-2H3. The largest absolute Gasteiger partial charge is 0.488 e. The van der Waals surface area contributed by atoms with Crippen molar-refractivity contribution >= 4 is 15.9 Å². The SMILES string of the molecule is CCCNCc1ccccc1COc1ccc(C)cc1Br. The minimum atomic E-state index is 0.589. The minimum Gasteiger partial charge on any atom is -0.488 e. The molecule has 0 atom stereocenters. The summed E-state index contributed by atoms with van der Waals surface area (Å²) in [4.78, 5) is 0. The molecular weight excluding hydrogens is 326 g/mol. The van der Waals surface area contributed by atoms with Crippen LogP contribution in [0.25, 0.3) is 0 Å². The van der Waals surface area contributed by atoms with Gasteiger partial charge in [-0.25, -0.2) is 0 Å². The molecule has 2 aromatic rings. The Labute approximate surface area is 135 Å². The molecule has 0 aliphatic carbocycles. The monoisotopic (exact) mass is 347 g/mol. The molecule has 3 heteroatoms. The van der Waals surface area contributed by atoms with Crippen molar-refractivity contribution in [3.05, 3.63) is 63.6 Å². The molecule has 0 aliphatic rings. The van der Waals surface area contributed by atoms with Crippen molar-refractivity contribution in [2.45, 2.75) is 33.4 Å². The van der Waals surface area contributed by atoms with Crippen molar-refractivity contribution in [3.63, 3.8) is 0 Å². The summed E-state index contributed by atoms with van der Waals surface area (Å²) in [5.41, 5.74) is 3.75. The van der Waals surface area contributed by atoms with Gasteiger partial charge in [-0.15, -0.1) is 0 Å². The van der Waals surface area contributed by atoms with E-state index in [1.807, 2.05) is 6.07 Å². The Hall–Kier alpha value is -1.32. The molecule has 0 radical (unpaired) electrons. The van der Waals surface area contributed by atoms with E-state index in [9.17, 15) is 0 Å². The molecule has 1 N–H and O–H groups in total. The maximum Gasteiger partial charge on any atom is 0.134 e. The number of nitrogens with one attached hydrogen (secondary N) is 1. The smallest absolute Gasteiger partial charge is 0.134 e. The highest BCUT2D eigenvalue weighted by molar-refractivity contribution is 9.10. The van der Waals surface area contributed by atoms with E-state index in [0.29, 0.717) is 6.61 Å². The predicted molar refractivity (Wildman–Crippen MR) is 91.7 cm³/mol. The first-order valence-corrected chi connectivity index (χ1v) is 8.16. The Morgan fingerprint density at radius 3 is 2.57 bits per heavy atom. The molecule has 2 nitrogen and oxygen atoms in total. The summed E-state index contributed by atoms with van der Waals surface area (Å²) >= 11 is 3.55. The predicted octanol–water partition coefficient (Wildman–Crippen LogP) is 4.84. The Morgan fingerprint density at radius 2 is 1.86 bits per heavy atom. The molecule has 0 unspecified atom stereocenters. The first kappa shape index (κ1) is 16.1. The maximum atomic E-state index is 5.95. The fourth-order valence-corrected chi connectivity index (χ4v) is 2.76. The van der Waals surface area contributed by atoms with Gasteiger partial charge in [-0.05, 0) is 64.6 Å². The lowest BCUT2D eigenvalue weighted by atomic mass is 10.1. The van der Waals surface area contributed by atoms with E-state index >= 15 is 0 Å². The van der Waals surface area contributed by atoms with E-state index in [1.54, 1.807) is 0 Å². The van der Waals surface area contributed by atoms with Crippen LogP contribution in [0.15, 0.2) is 46.9 Å². The van der Waals surface area contributed by atoms with Crippen LogP contribution in [0.1, 0.15) is 30.0 Å². The molecule has 0 fully saturated rings. The fraction of sp³-hybridized carbons (Fsp3) is 0.333. The highest BCUT2D eigenvalue weighted by Crippen LogP contribution is 2.26. The van der Waals surface area contributed by atoms with E-state index < -0.39 is 0 Å². The van der Waals surface area contributed by atoms with Gasteiger partial charge in [-0.1, -0.05) is 37.3 Å².